The van der Waals surface area contributed by atoms with Crippen molar-refractivity contribution in [2.75, 3.05) is 0 Å². The van der Waals surface area contributed by atoms with E-state index < -0.39 is 11.9 Å². The average molecular weight is 277 g/mol. The van der Waals surface area contributed by atoms with Crippen LogP contribution >= 0.6 is 22.9 Å². The maximum Gasteiger partial charge on any atom is 0.431 e. The second-order valence-corrected chi connectivity index (χ2v) is 4.90. The molecule has 0 aliphatic heterocycles. The lowest BCUT2D eigenvalue weighted by Crippen LogP contribution is -2.04. The van der Waals surface area contributed by atoms with Crippen LogP contribution in [0.2, 0.25) is 4.34 Å². The van der Waals surface area contributed by atoms with Crippen molar-refractivity contribution in [1.82, 2.24) is 4.98 Å². The molecule has 0 aromatic carbocycles. The minimum Gasteiger partial charge on any atom is -0.349 e. The number of aromatic nitrogens is 1. The van der Waals surface area contributed by atoms with Gasteiger partial charge in [-0.2, -0.15) is 18.4 Å². The number of nitrogens with one attached hydrogen (secondary N) is 1. The minimum atomic E-state index is -4.50. The van der Waals surface area contributed by atoms with E-state index in [1.165, 1.54) is 0 Å². The van der Waals surface area contributed by atoms with E-state index in [2.05, 4.69) is 4.98 Å². The van der Waals surface area contributed by atoms with E-state index in [1.54, 1.807) is 18.2 Å². The molecule has 88 valence electrons. The number of nitrogens with zero attached hydrogens (tertiary/aromatic N) is 1. The standard InChI is InChI=1S/C10H4ClF3N2S/c11-8-2-1-6(17-8)9-5(4-15)3-7(16-9)10(12,13)14/h1-3,16H. The lowest BCUT2D eigenvalue weighted by molar-refractivity contribution is -0.140. The van der Waals surface area contributed by atoms with Crippen LogP contribution in [-0.4, -0.2) is 4.98 Å². The molecule has 0 unspecified atom stereocenters. The molecule has 7 heteroatoms. The third-order valence-corrected chi connectivity index (χ3v) is 3.31. The summed E-state index contributed by atoms with van der Waals surface area (Å²) < 4.78 is 37.9. The van der Waals surface area contributed by atoms with Crippen molar-refractivity contribution in [3.63, 3.8) is 0 Å². The Labute approximate surface area is 103 Å². The quantitative estimate of drug-likeness (QED) is 0.829. The molecule has 0 saturated heterocycles. The van der Waals surface area contributed by atoms with E-state index in [0.717, 1.165) is 17.4 Å². The van der Waals surface area contributed by atoms with E-state index in [4.69, 9.17) is 16.9 Å². The van der Waals surface area contributed by atoms with Crippen LogP contribution in [0.1, 0.15) is 11.3 Å². The third-order valence-electron chi connectivity index (χ3n) is 2.06. The van der Waals surface area contributed by atoms with Gasteiger partial charge in [-0.1, -0.05) is 11.6 Å². The Hall–Kier alpha value is -1.45. The van der Waals surface area contributed by atoms with Crippen molar-refractivity contribution in [2.45, 2.75) is 6.18 Å². The molecule has 0 aliphatic carbocycles. The van der Waals surface area contributed by atoms with E-state index in [1.807, 2.05) is 0 Å². The van der Waals surface area contributed by atoms with Crippen LogP contribution < -0.4 is 0 Å². The van der Waals surface area contributed by atoms with Crippen LogP contribution in [0, 0.1) is 11.3 Å². The highest BCUT2D eigenvalue weighted by Crippen LogP contribution is 2.36. The Morgan fingerprint density at radius 1 is 1.35 bits per heavy atom. The highest BCUT2D eigenvalue weighted by atomic mass is 35.5. The molecule has 17 heavy (non-hydrogen) atoms. The number of hydrogen-bond acceptors (Lipinski definition) is 2. The molecule has 0 bridgehead atoms. The number of nitriles is 1. The van der Waals surface area contributed by atoms with Gasteiger partial charge in [0.2, 0.25) is 0 Å². The number of rotatable bonds is 1. The average Bonchev–Trinajstić information content (AvgIpc) is 2.81. The summed E-state index contributed by atoms with van der Waals surface area (Å²) in [5, 5.41) is 8.80. The number of H-pyrrole nitrogens is 1. The largest absolute Gasteiger partial charge is 0.431 e. The fourth-order valence-corrected chi connectivity index (χ4v) is 2.40. The van der Waals surface area contributed by atoms with E-state index in [0.29, 0.717) is 9.21 Å². The molecule has 2 aromatic rings. The van der Waals surface area contributed by atoms with Gasteiger partial charge in [-0.05, 0) is 18.2 Å². The van der Waals surface area contributed by atoms with E-state index in [9.17, 15) is 13.2 Å². The predicted molar refractivity (Wildman–Crippen MR) is 58.8 cm³/mol. The molecule has 0 spiro atoms. The van der Waals surface area contributed by atoms with Crippen LogP contribution in [-0.2, 0) is 6.18 Å². The van der Waals surface area contributed by atoms with Gasteiger partial charge in [-0.25, -0.2) is 0 Å². The SMILES string of the molecule is N#Cc1cc(C(F)(F)F)[nH]c1-c1ccc(Cl)s1. The monoisotopic (exact) mass is 276 g/mol. The molecule has 0 radical (unpaired) electrons. The molecule has 0 aliphatic rings. The van der Waals surface area contributed by atoms with Crippen LogP contribution in [0.15, 0.2) is 18.2 Å². The molecule has 0 atom stereocenters. The number of halogens is 4. The summed E-state index contributed by atoms with van der Waals surface area (Å²) in [4.78, 5) is 2.71. The number of hydrogen-bond donors (Lipinski definition) is 1. The first-order valence-corrected chi connectivity index (χ1v) is 5.57. The molecule has 0 amide bonds. The molecule has 2 heterocycles. The van der Waals surface area contributed by atoms with Gasteiger partial charge in [-0.3, -0.25) is 0 Å². The predicted octanol–water partition coefficient (Wildman–Crippen LogP) is 4.29. The minimum absolute atomic E-state index is 0.0455. The molecular formula is C10H4ClF3N2S. The molecule has 2 nitrogen and oxygen atoms in total. The van der Waals surface area contributed by atoms with E-state index >= 15 is 0 Å². The van der Waals surface area contributed by atoms with Crippen molar-refractivity contribution in [3.05, 3.63) is 33.8 Å². The highest BCUT2D eigenvalue weighted by molar-refractivity contribution is 7.19. The smallest absolute Gasteiger partial charge is 0.349 e. The van der Waals surface area contributed by atoms with Gasteiger partial charge in [0.1, 0.15) is 11.8 Å². The summed E-state index contributed by atoms with van der Waals surface area (Å²) in [6.07, 6.45) is -4.50. The van der Waals surface area contributed by atoms with Crippen molar-refractivity contribution >= 4 is 22.9 Å². The van der Waals surface area contributed by atoms with Gasteiger partial charge in [0.05, 0.1) is 20.5 Å². The summed E-state index contributed by atoms with van der Waals surface area (Å²) in [6.45, 7) is 0. The number of thiophene rings is 1. The second kappa shape index (κ2) is 4.09. The third kappa shape index (κ3) is 2.30. The van der Waals surface area contributed by atoms with Gasteiger partial charge < -0.3 is 4.98 Å². The highest BCUT2D eigenvalue weighted by Gasteiger charge is 2.34. The molecule has 2 aromatic heterocycles. The van der Waals surface area contributed by atoms with Gasteiger partial charge in [0.15, 0.2) is 0 Å². The lowest BCUT2D eigenvalue weighted by atomic mass is 10.2. The zero-order chi connectivity index (χ0) is 12.6. The van der Waals surface area contributed by atoms with Crippen molar-refractivity contribution < 1.29 is 13.2 Å². The van der Waals surface area contributed by atoms with Crippen LogP contribution in [0.25, 0.3) is 10.6 Å². The van der Waals surface area contributed by atoms with Gasteiger partial charge in [0, 0.05) is 0 Å². The Balaban J connectivity index is 2.55. The van der Waals surface area contributed by atoms with Crippen LogP contribution in [0.3, 0.4) is 0 Å². The zero-order valence-electron chi connectivity index (χ0n) is 8.10. The van der Waals surface area contributed by atoms with Gasteiger partial charge >= 0.3 is 6.18 Å². The topological polar surface area (TPSA) is 39.6 Å². The Bertz CT molecular complexity index is 591. The summed E-state index contributed by atoms with van der Waals surface area (Å²) in [7, 11) is 0. The number of aromatic amines is 1. The first-order valence-electron chi connectivity index (χ1n) is 4.38. The molecule has 0 fully saturated rings. The maximum absolute atomic E-state index is 12.5. The fraction of sp³-hybridized carbons (Fsp3) is 0.100. The van der Waals surface area contributed by atoms with E-state index in [-0.39, 0.29) is 11.3 Å². The van der Waals surface area contributed by atoms with Crippen LogP contribution in [0.5, 0.6) is 0 Å². The fourth-order valence-electron chi connectivity index (χ4n) is 1.34. The Morgan fingerprint density at radius 3 is 2.53 bits per heavy atom. The number of alkyl halides is 3. The summed E-state index contributed by atoms with van der Waals surface area (Å²) in [5.41, 5.74) is -0.832. The van der Waals surface area contributed by atoms with Gasteiger partial charge in [0.25, 0.3) is 0 Å². The zero-order valence-corrected chi connectivity index (χ0v) is 9.67. The van der Waals surface area contributed by atoms with Crippen molar-refractivity contribution in [2.24, 2.45) is 0 Å². The van der Waals surface area contributed by atoms with Crippen LogP contribution in [0.4, 0.5) is 13.2 Å². The molecule has 2 rings (SSSR count). The second-order valence-electron chi connectivity index (χ2n) is 3.19. The first-order chi connectivity index (χ1) is 7.91. The summed E-state index contributed by atoms with van der Waals surface area (Å²) >= 11 is 6.81. The molecular weight excluding hydrogens is 273 g/mol. The van der Waals surface area contributed by atoms with Crippen molar-refractivity contribution in [1.29, 1.82) is 5.26 Å². The summed E-state index contributed by atoms with van der Waals surface area (Å²) in [6, 6.07) is 5.66. The van der Waals surface area contributed by atoms with Crippen molar-refractivity contribution in [3.8, 4) is 16.6 Å². The molecule has 1 N–H and O–H groups in total. The summed E-state index contributed by atoms with van der Waals surface area (Å²) in [5.74, 6) is 0. The van der Waals surface area contributed by atoms with Gasteiger partial charge in [-0.15, -0.1) is 11.3 Å². The first kappa shape index (κ1) is 12.0. The molecule has 0 saturated carbocycles. The normalized spacial score (nSPS) is 11.5. The lowest BCUT2D eigenvalue weighted by Gasteiger charge is -2.01. The Morgan fingerprint density at radius 2 is 2.06 bits per heavy atom. The Kier molecular flexibility index (Phi) is 2.89. The maximum atomic E-state index is 12.5.